The van der Waals surface area contributed by atoms with Crippen molar-refractivity contribution >= 4 is 21.4 Å². The first-order chi connectivity index (χ1) is 13.9. The van der Waals surface area contributed by atoms with Crippen LogP contribution in [0.25, 0.3) is 11.1 Å². The molecule has 0 aliphatic heterocycles. The van der Waals surface area contributed by atoms with Gasteiger partial charge in [-0.25, -0.2) is 8.42 Å². The second kappa shape index (κ2) is 8.89. The molecule has 0 aromatic heterocycles. The molecule has 0 saturated carbocycles. The van der Waals surface area contributed by atoms with Crippen LogP contribution in [-0.2, 0) is 21.2 Å². The Bertz CT molecular complexity index is 1110. The number of nitrogens with two attached hydrogens (primary N) is 1. The van der Waals surface area contributed by atoms with Gasteiger partial charge < -0.3 is 15.8 Å². The maximum atomic E-state index is 12.1. The van der Waals surface area contributed by atoms with Crippen molar-refractivity contribution in [3.63, 3.8) is 0 Å². The molecular weight excluding hydrogens is 388 g/mol. The van der Waals surface area contributed by atoms with E-state index in [0.29, 0.717) is 23.5 Å². The average Bonchev–Trinajstić information content (AvgIpc) is 2.72. The topological polar surface area (TPSA) is 98.5 Å². The summed E-state index contributed by atoms with van der Waals surface area (Å²) in [6, 6.07) is 21.1. The quantitative estimate of drug-likeness (QED) is 0.623. The fourth-order valence-electron chi connectivity index (χ4n) is 2.88. The SMILES string of the molecule is CS(=O)(=O)c1ccccc1-c1ccc(OCC(=O)Nc2cccc(CN)c2)cc1. The Hall–Kier alpha value is -3.16. The van der Waals surface area contributed by atoms with Crippen molar-refractivity contribution in [2.45, 2.75) is 11.4 Å². The molecule has 29 heavy (non-hydrogen) atoms. The fourth-order valence-corrected chi connectivity index (χ4v) is 3.79. The number of benzene rings is 3. The molecule has 0 aliphatic rings. The van der Waals surface area contributed by atoms with Crippen LogP contribution in [0, 0.1) is 0 Å². The molecule has 0 saturated heterocycles. The van der Waals surface area contributed by atoms with Crippen LogP contribution >= 0.6 is 0 Å². The lowest BCUT2D eigenvalue weighted by atomic mass is 10.1. The number of sulfone groups is 1. The second-order valence-corrected chi connectivity index (χ2v) is 8.52. The van der Waals surface area contributed by atoms with Crippen molar-refractivity contribution < 1.29 is 17.9 Å². The highest BCUT2D eigenvalue weighted by atomic mass is 32.2. The standard InChI is InChI=1S/C22H22N2O4S/c1-29(26,27)21-8-3-2-7-20(21)17-9-11-19(12-10-17)28-15-22(25)24-18-6-4-5-16(13-18)14-23/h2-13H,14-15,23H2,1H3,(H,24,25). The van der Waals surface area contributed by atoms with Gasteiger partial charge in [0.25, 0.3) is 5.91 Å². The summed E-state index contributed by atoms with van der Waals surface area (Å²) in [5, 5.41) is 2.76. The van der Waals surface area contributed by atoms with E-state index in [-0.39, 0.29) is 17.4 Å². The normalized spacial score (nSPS) is 11.1. The molecule has 0 radical (unpaired) electrons. The maximum absolute atomic E-state index is 12.1. The minimum absolute atomic E-state index is 0.147. The van der Waals surface area contributed by atoms with Crippen LogP contribution in [-0.4, -0.2) is 27.2 Å². The van der Waals surface area contributed by atoms with E-state index in [1.54, 1.807) is 54.6 Å². The molecule has 0 atom stereocenters. The molecule has 0 unspecified atom stereocenters. The molecule has 7 heteroatoms. The van der Waals surface area contributed by atoms with Gasteiger partial charge in [-0.15, -0.1) is 0 Å². The summed E-state index contributed by atoms with van der Waals surface area (Å²) in [5.41, 5.74) is 8.56. The van der Waals surface area contributed by atoms with Crippen LogP contribution in [0.15, 0.2) is 77.7 Å². The zero-order valence-electron chi connectivity index (χ0n) is 16.0. The fraction of sp³-hybridized carbons (Fsp3) is 0.136. The third-order valence-electron chi connectivity index (χ3n) is 4.27. The Morgan fingerprint density at radius 3 is 2.41 bits per heavy atom. The molecule has 0 spiro atoms. The number of nitrogens with one attached hydrogen (secondary N) is 1. The van der Waals surface area contributed by atoms with Gasteiger partial charge in [-0.1, -0.05) is 42.5 Å². The smallest absolute Gasteiger partial charge is 0.262 e. The summed E-state index contributed by atoms with van der Waals surface area (Å²) in [6.07, 6.45) is 1.19. The molecule has 0 bridgehead atoms. The van der Waals surface area contributed by atoms with Crippen molar-refractivity contribution in [2.75, 3.05) is 18.2 Å². The summed E-state index contributed by atoms with van der Waals surface area (Å²) in [5.74, 6) is 0.224. The average molecular weight is 410 g/mol. The lowest BCUT2D eigenvalue weighted by Gasteiger charge is -2.10. The minimum Gasteiger partial charge on any atom is -0.484 e. The van der Waals surface area contributed by atoms with Crippen LogP contribution in [0.2, 0.25) is 0 Å². The van der Waals surface area contributed by atoms with Gasteiger partial charge in [0.15, 0.2) is 16.4 Å². The van der Waals surface area contributed by atoms with E-state index in [1.165, 1.54) is 6.26 Å². The van der Waals surface area contributed by atoms with Gasteiger partial charge >= 0.3 is 0 Å². The largest absolute Gasteiger partial charge is 0.484 e. The van der Waals surface area contributed by atoms with Gasteiger partial charge in [0.05, 0.1) is 4.90 Å². The van der Waals surface area contributed by atoms with Crippen molar-refractivity contribution in [1.82, 2.24) is 0 Å². The van der Waals surface area contributed by atoms with Crippen molar-refractivity contribution in [3.8, 4) is 16.9 Å². The molecule has 1 amide bonds. The molecule has 6 nitrogen and oxygen atoms in total. The van der Waals surface area contributed by atoms with Crippen LogP contribution < -0.4 is 15.8 Å². The van der Waals surface area contributed by atoms with E-state index < -0.39 is 9.84 Å². The van der Waals surface area contributed by atoms with Crippen molar-refractivity contribution in [2.24, 2.45) is 5.73 Å². The van der Waals surface area contributed by atoms with Gasteiger partial charge in [0.1, 0.15) is 5.75 Å². The lowest BCUT2D eigenvalue weighted by Crippen LogP contribution is -2.20. The number of hydrogen-bond donors (Lipinski definition) is 2. The minimum atomic E-state index is -3.34. The van der Waals surface area contributed by atoms with Gasteiger partial charge in [0, 0.05) is 24.1 Å². The lowest BCUT2D eigenvalue weighted by molar-refractivity contribution is -0.118. The Morgan fingerprint density at radius 2 is 1.72 bits per heavy atom. The van der Waals surface area contributed by atoms with Gasteiger partial charge in [-0.3, -0.25) is 4.79 Å². The van der Waals surface area contributed by atoms with Crippen LogP contribution in [0.3, 0.4) is 0 Å². The van der Waals surface area contributed by atoms with E-state index in [4.69, 9.17) is 10.5 Å². The van der Waals surface area contributed by atoms with Gasteiger partial charge in [0.2, 0.25) is 0 Å². The Kier molecular flexibility index (Phi) is 6.31. The van der Waals surface area contributed by atoms with Crippen LogP contribution in [0.4, 0.5) is 5.69 Å². The van der Waals surface area contributed by atoms with E-state index in [0.717, 1.165) is 11.1 Å². The number of carbonyl (C=O) groups is 1. The van der Waals surface area contributed by atoms with Crippen molar-refractivity contribution in [3.05, 3.63) is 78.4 Å². The summed E-state index contributed by atoms with van der Waals surface area (Å²) < 4.78 is 29.5. The Labute approximate surface area is 170 Å². The molecule has 0 fully saturated rings. The third kappa shape index (κ3) is 5.43. The summed E-state index contributed by atoms with van der Waals surface area (Å²) in [4.78, 5) is 12.4. The predicted octanol–water partition coefficient (Wildman–Crippen LogP) is 3.23. The molecular formula is C22H22N2O4S. The first kappa shape index (κ1) is 20.6. The molecule has 3 N–H and O–H groups in total. The number of carbonyl (C=O) groups excluding carboxylic acids is 1. The summed E-state index contributed by atoms with van der Waals surface area (Å²) in [6.45, 7) is 0.251. The first-order valence-corrected chi connectivity index (χ1v) is 10.9. The molecule has 0 aliphatic carbocycles. The Balaban J connectivity index is 1.65. The van der Waals surface area contributed by atoms with E-state index >= 15 is 0 Å². The second-order valence-electron chi connectivity index (χ2n) is 6.53. The third-order valence-corrected chi connectivity index (χ3v) is 5.42. The van der Waals surface area contributed by atoms with Gasteiger partial charge in [-0.2, -0.15) is 0 Å². The number of anilines is 1. The number of ether oxygens (including phenoxy) is 1. The van der Waals surface area contributed by atoms with Gasteiger partial charge in [-0.05, 0) is 41.5 Å². The molecule has 0 heterocycles. The molecule has 3 aromatic rings. The number of hydrogen-bond acceptors (Lipinski definition) is 5. The highest BCUT2D eigenvalue weighted by Gasteiger charge is 2.14. The zero-order chi connectivity index (χ0) is 20.9. The number of amides is 1. The van der Waals surface area contributed by atoms with Crippen LogP contribution in [0.5, 0.6) is 5.75 Å². The predicted molar refractivity (Wildman–Crippen MR) is 113 cm³/mol. The van der Waals surface area contributed by atoms with E-state index in [2.05, 4.69) is 5.32 Å². The van der Waals surface area contributed by atoms with Crippen LogP contribution in [0.1, 0.15) is 5.56 Å². The highest BCUT2D eigenvalue weighted by Crippen LogP contribution is 2.28. The molecule has 3 aromatic carbocycles. The molecule has 3 rings (SSSR count). The van der Waals surface area contributed by atoms with E-state index in [9.17, 15) is 13.2 Å². The molecule has 150 valence electrons. The number of rotatable bonds is 7. The van der Waals surface area contributed by atoms with E-state index in [1.807, 2.05) is 18.2 Å². The summed E-state index contributed by atoms with van der Waals surface area (Å²) >= 11 is 0. The van der Waals surface area contributed by atoms with Crippen molar-refractivity contribution in [1.29, 1.82) is 0 Å². The monoisotopic (exact) mass is 410 g/mol. The maximum Gasteiger partial charge on any atom is 0.262 e. The summed E-state index contributed by atoms with van der Waals surface area (Å²) in [7, 11) is -3.34. The highest BCUT2D eigenvalue weighted by molar-refractivity contribution is 7.90. The Morgan fingerprint density at radius 1 is 1.00 bits per heavy atom. The first-order valence-electron chi connectivity index (χ1n) is 8.98. The zero-order valence-corrected chi connectivity index (χ0v) is 16.8.